The van der Waals surface area contributed by atoms with E-state index in [2.05, 4.69) is 24.2 Å². The molecular formula is C21H38N4O4. The lowest BCUT2D eigenvalue weighted by molar-refractivity contribution is -0.140. The Morgan fingerprint density at radius 1 is 1.24 bits per heavy atom. The molecule has 29 heavy (non-hydrogen) atoms. The lowest BCUT2D eigenvalue weighted by Gasteiger charge is -2.25. The summed E-state index contributed by atoms with van der Waals surface area (Å²) in [5, 5.41) is 16.3. The molecule has 0 spiro atoms. The quantitative estimate of drug-likeness (QED) is 0.629. The highest BCUT2D eigenvalue weighted by molar-refractivity contribution is 6.03. The molecule has 0 bridgehead atoms. The predicted molar refractivity (Wildman–Crippen MR) is 111 cm³/mol. The molecule has 1 atom stereocenters. The molecular weight excluding hydrogens is 372 g/mol. The second-order valence-electron chi connectivity index (χ2n) is 9.20. The predicted octanol–water partition coefficient (Wildman–Crippen LogP) is 2.65. The number of rotatable bonds is 9. The van der Waals surface area contributed by atoms with Crippen molar-refractivity contribution >= 4 is 11.8 Å². The van der Waals surface area contributed by atoms with Gasteiger partial charge in [0.1, 0.15) is 5.69 Å². The third kappa shape index (κ3) is 9.04. The Morgan fingerprint density at radius 3 is 2.34 bits per heavy atom. The number of carbonyl (C=O) groups is 2. The molecule has 8 nitrogen and oxygen atoms in total. The molecule has 2 amide bonds. The summed E-state index contributed by atoms with van der Waals surface area (Å²) < 4.78 is 7.64. The van der Waals surface area contributed by atoms with E-state index in [0.29, 0.717) is 37.3 Å². The van der Waals surface area contributed by atoms with Crippen LogP contribution in [0.3, 0.4) is 0 Å². The Balaban J connectivity index is 0.000000749. The van der Waals surface area contributed by atoms with Crippen LogP contribution >= 0.6 is 0 Å². The Labute approximate surface area is 174 Å². The van der Waals surface area contributed by atoms with E-state index in [4.69, 9.17) is 9.84 Å². The molecule has 0 aromatic carbocycles. The Kier molecular flexibility index (Phi) is 9.92. The van der Waals surface area contributed by atoms with Crippen molar-refractivity contribution in [3.8, 4) is 0 Å². The molecule has 0 radical (unpaired) electrons. The lowest BCUT2D eigenvalue weighted by atomic mass is 10.1. The minimum Gasteiger partial charge on any atom is -0.396 e. The number of carbonyl (C=O) groups excluding carboxylic acids is 2. The molecule has 1 aliphatic heterocycles. The van der Waals surface area contributed by atoms with Gasteiger partial charge in [-0.3, -0.25) is 14.5 Å². The highest BCUT2D eigenvalue weighted by Gasteiger charge is 2.35. The van der Waals surface area contributed by atoms with Crippen molar-refractivity contribution in [2.45, 2.75) is 80.0 Å². The maximum Gasteiger partial charge on any atom is 0.232 e. The number of nitrogens with zero attached hydrogens (tertiary/aromatic N) is 4. The summed E-state index contributed by atoms with van der Waals surface area (Å²) in [6.45, 7) is 15.9. The van der Waals surface area contributed by atoms with Gasteiger partial charge in [-0.25, -0.2) is 4.68 Å². The van der Waals surface area contributed by atoms with Crippen LogP contribution in [0.4, 0.5) is 0 Å². The Hall–Kier alpha value is -1.80. The molecule has 1 unspecified atom stereocenters. The SMILES string of the molecule is CC(C)CCOC(C)(C)Cn1cc(CN2C(=O)CC(C)C2=O)nn1.CC(C)CO. The molecule has 1 saturated heterocycles. The van der Waals surface area contributed by atoms with Gasteiger partial charge in [-0.05, 0) is 32.1 Å². The van der Waals surface area contributed by atoms with Crippen LogP contribution in [0.5, 0.6) is 0 Å². The van der Waals surface area contributed by atoms with Crippen molar-refractivity contribution in [1.29, 1.82) is 0 Å². The standard InChI is InChI=1S/C17H28N4O3.C4H10O/c1-12(2)6-7-24-17(4,5)11-20-9-14(18-19-20)10-21-15(22)8-13(3)16(21)23;1-4(2)3-5/h9,12-13H,6-8,10-11H2,1-5H3;4-5H,3H2,1-2H3. The molecule has 1 N–H and O–H groups in total. The van der Waals surface area contributed by atoms with Gasteiger partial charge in [0.15, 0.2) is 0 Å². The van der Waals surface area contributed by atoms with Gasteiger partial charge in [-0.15, -0.1) is 5.10 Å². The average Bonchev–Trinajstić information content (AvgIpc) is 3.13. The van der Waals surface area contributed by atoms with E-state index in [0.717, 1.165) is 6.42 Å². The largest absolute Gasteiger partial charge is 0.396 e. The first kappa shape index (κ1) is 25.2. The summed E-state index contributed by atoms with van der Waals surface area (Å²) >= 11 is 0. The zero-order valence-electron chi connectivity index (χ0n) is 19.0. The number of aromatic nitrogens is 3. The molecule has 0 aliphatic carbocycles. The highest BCUT2D eigenvalue weighted by atomic mass is 16.5. The summed E-state index contributed by atoms with van der Waals surface area (Å²) in [4.78, 5) is 25.1. The monoisotopic (exact) mass is 410 g/mol. The van der Waals surface area contributed by atoms with Gasteiger partial charge in [0.25, 0.3) is 0 Å². The number of amides is 2. The van der Waals surface area contributed by atoms with Gasteiger partial charge in [-0.2, -0.15) is 0 Å². The maximum absolute atomic E-state index is 12.0. The minimum absolute atomic E-state index is 0.133. The first-order valence-electron chi connectivity index (χ1n) is 10.4. The van der Waals surface area contributed by atoms with E-state index in [1.807, 2.05) is 27.7 Å². The zero-order valence-corrected chi connectivity index (χ0v) is 19.0. The van der Waals surface area contributed by atoms with E-state index in [1.165, 1.54) is 4.90 Å². The van der Waals surface area contributed by atoms with Gasteiger partial charge in [0, 0.05) is 25.6 Å². The van der Waals surface area contributed by atoms with Gasteiger partial charge in [0.2, 0.25) is 11.8 Å². The molecule has 1 aliphatic rings. The number of hydrogen-bond acceptors (Lipinski definition) is 6. The van der Waals surface area contributed by atoms with Gasteiger partial charge < -0.3 is 9.84 Å². The van der Waals surface area contributed by atoms with Gasteiger partial charge in [0.05, 0.1) is 24.9 Å². The Bertz CT molecular complexity index is 655. The van der Waals surface area contributed by atoms with Crippen LogP contribution in [-0.2, 0) is 27.4 Å². The fourth-order valence-electron chi connectivity index (χ4n) is 2.67. The average molecular weight is 411 g/mol. The number of imide groups is 1. The molecule has 2 rings (SSSR count). The van der Waals surface area contributed by atoms with Crippen LogP contribution in [0.1, 0.15) is 67.0 Å². The normalized spacial score (nSPS) is 17.3. The second kappa shape index (κ2) is 11.4. The maximum atomic E-state index is 12.0. The number of aliphatic hydroxyl groups is 1. The summed E-state index contributed by atoms with van der Waals surface area (Å²) in [6.07, 6.45) is 3.07. The van der Waals surface area contributed by atoms with Crippen molar-refractivity contribution in [2.75, 3.05) is 13.2 Å². The number of aliphatic hydroxyl groups excluding tert-OH is 1. The summed E-state index contributed by atoms with van der Waals surface area (Å²) in [5.41, 5.74) is 0.261. The minimum atomic E-state index is -0.354. The summed E-state index contributed by atoms with van der Waals surface area (Å²) in [7, 11) is 0. The van der Waals surface area contributed by atoms with Crippen molar-refractivity contribution in [3.63, 3.8) is 0 Å². The first-order chi connectivity index (χ1) is 13.4. The molecule has 0 saturated carbocycles. The molecule has 1 fully saturated rings. The van der Waals surface area contributed by atoms with Crippen molar-refractivity contribution in [3.05, 3.63) is 11.9 Å². The number of ether oxygens (including phenoxy) is 1. The lowest BCUT2D eigenvalue weighted by Crippen LogP contribution is -2.31. The van der Waals surface area contributed by atoms with E-state index < -0.39 is 0 Å². The Morgan fingerprint density at radius 2 is 1.86 bits per heavy atom. The van der Waals surface area contributed by atoms with Crippen LogP contribution < -0.4 is 0 Å². The van der Waals surface area contributed by atoms with Crippen molar-refractivity contribution < 1.29 is 19.4 Å². The van der Waals surface area contributed by atoms with Crippen LogP contribution in [0.15, 0.2) is 6.20 Å². The third-order valence-corrected chi connectivity index (χ3v) is 4.47. The molecule has 8 heteroatoms. The van der Waals surface area contributed by atoms with Gasteiger partial charge >= 0.3 is 0 Å². The number of likely N-dealkylation sites (tertiary alicyclic amines) is 1. The third-order valence-electron chi connectivity index (χ3n) is 4.47. The van der Waals surface area contributed by atoms with Crippen LogP contribution in [0.2, 0.25) is 0 Å². The van der Waals surface area contributed by atoms with Crippen LogP contribution in [0.25, 0.3) is 0 Å². The molecule has 166 valence electrons. The van der Waals surface area contributed by atoms with E-state index in [-0.39, 0.29) is 36.3 Å². The smallest absolute Gasteiger partial charge is 0.232 e. The van der Waals surface area contributed by atoms with Crippen LogP contribution in [-0.4, -0.2) is 55.6 Å². The second-order valence-corrected chi connectivity index (χ2v) is 9.20. The fourth-order valence-corrected chi connectivity index (χ4v) is 2.67. The van der Waals surface area contributed by atoms with Crippen LogP contribution in [0, 0.1) is 17.8 Å². The molecule has 1 aromatic rings. The van der Waals surface area contributed by atoms with E-state index in [9.17, 15) is 9.59 Å². The van der Waals surface area contributed by atoms with Gasteiger partial charge in [-0.1, -0.05) is 39.8 Å². The van der Waals surface area contributed by atoms with Crippen molar-refractivity contribution in [1.82, 2.24) is 19.9 Å². The van der Waals surface area contributed by atoms with E-state index in [1.54, 1.807) is 17.8 Å². The number of hydrogen-bond donors (Lipinski definition) is 1. The summed E-state index contributed by atoms with van der Waals surface area (Å²) in [5.74, 6) is 0.541. The molecule has 2 heterocycles. The summed E-state index contributed by atoms with van der Waals surface area (Å²) in [6, 6.07) is 0. The van der Waals surface area contributed by atoms with E-state index >= 15 is 0 Å². The first-order valence-corrected chi connectivity index (χ1v) is 10.4. The van der Waals surface area contributed by atoms with Crippen molar-refractivity contribution in [2.24, 2.45) is 17.8 Å². The topological polar surface area (TPSA) is 97.6 Å². The molecule has 1 aromatic heterocycles. The zero-order chi connectivity index (χ0) is 22.2. The highest BCUT2D eigenvalue weighted by Crippen LogP contribution is 2.21. The fraction of sp³-hybridized carbons (Fsp3) is 0.810.